The fourth-order valence-corrected chi connectivity index (χ4v) is 6.50. The van der Waals surface area contributed by atoms with Gasteiger partial charge in [-0.1, -0.05) is 12.1 Å². The van der Waals surface area contributed by atoms with E-state index in [4.69, 9.17) is 9.72 Å². The van der Waals surface area contributed by atoms with Gasteiger partial charge in [-0.3, -0.25) is 0 Å². The first kappa shape index (κ1) is 25.1. The third-order valence-electron chi connectivity index (χ3n) is 6.97. The van der Waals surface area contributed by atoms with Gasteiger partial charge in [0.15, 0.2) is 0 Å². The average molecular weight is 515 g/mol. The molecule has 0 bridgehead atoms. The zero-order chi connectivity index (χ0) is 25.3. The molecule has 3 aromatic rings. The highest BCUT2D eigenvalue weighted by molar-refractivity contribution is 7.87. The second-order valence-electron chi connectivity index (χ2n) is 10.0. The lowest BCUT2D eigenvalue weighted by Crippen LogP contribution is -2.50. The van der Waals surface area contributed by atoms with E-state index in [0.717, 1.165) is 48.0 Å². The Morgan fingerprint density at radius 3 is 2.50 bits per heavy atom. The lowest BCUT2D eigenvalue weighted by molar-refractivity contribution is 0.0722. The minimum absolute atomic E-state index is 0.0700. The Morgan fingerprint density at radius 2 is 1.78 bits per heavy atom. The van der Waals surface area contributed by atoms with Crippen LogP contribution in [0, 0.1) is 0 Å². The SMILES string of the molecule is CC(C)(O)c1cccc2c1ccn2-c1ccnc(N[C@H]2CC[C@H](NS(=O)(=O)N3CCOCC3)CC2)n1. The Balaban J connectivity index is 1.23. The van der Waals surface area contributed by atoms with Gasteiger partial charge >= 0.3 is 0 Å². The Morgan fingerprint density at radius 1 is 1.06 bits per heavy atom. The molecule has 2 aliphatic rings. The molecule has 0 unspecified atom stereocenters. The predicted molar refractivity (Wildman–Crippen MR) is 138 cm³/mol. The summed E-state index contributed by atoms with van der Waals surface area (Å²) in [5.41, 5.74) is 0.888. The number of benzene rings is 1. The second kappa shape index (κ2) is 10.1. The van der Waals surface area contributed by atoms with Crippen molar-refractivity contribution in [3.63, 3.8) is 0 Å². The summed E-state index contributed by atoms with van der Waals surface area (Å²) in [6.45, 7) is 5.25. The number of nitrogens with one attached hydrogen (secondary N) is 2. The number of rotatable bonds is 7. The van der Waals surface area contributed by atoms with Gasteiger partial charge in [-0.2, -0.15) is 22.4 Å². The van der Waals surface area contributed by atoms with Crippen LogP contribution in [0.4, 0.5) is 5.95 Å². The molecule has 1 aliphatic heterocycles. The monoisotopic (exact) mass is 514 g/mol. The first-order chi connectivity index (χ1) is 17.2. The lowest BCUT2D eigenvalue weighted by atomic mass is 9.92. The number of ether oxygens (including phenoxy) is 1. The molecule has 0 amide bonds. The standard InChI is InChI=1S/C25H34N6O4S/c1-25(2,32)21-4-3-5-22-20(21)11-13-31(22)23-10-12-26-24(28-23)27-18-6-8-19(9-7-18)29-36(33,34)30-14-16-35-17-15-30/h3-5,10-13,18-19,29,32H,6-9,14-17H2,1-2H3,(H,26,27,28)/t18-,19-. The van der Waals surface area contributed by atoms with Crippen LogP contribution in [0.1, 0.15) is 45.1 Å². The van der Waals surface area contributed by atoms with Crippen LogP contribution in [-0.2, 0) is 20.5 Å². The molecule has 2 fully saturated rings. The van der Waals surface area contributed by atoms with E-state index in [1.165, 1.54) is 4.31 Å². The number of aromatic nitrogens is 3. The Labute approximate surface area is 211 Å². The van der Waals surface area contributed by atoms with Gasteiger partial charge in [-0.15, -0.1) is 0 Å². The zero-order valence-corrected chi connectivity index (χ0v) is 21.5. The maximum absolute atomic E-state index is 12.7. The highest BCUT2D eigenvalue weighted by atomic mass is 32.2. The molecule has 1 saturated heterocycles. The van der Waals surface area contributed by atoms with Crippen LogP contribution >= 0.6 is 0 Å². The number of nitrogens with zero attached hydrogens (tertiary/aromatic N) is 4. The van der Waals surface area contributed by atoms with Gasteiger partial charge in [0.25, 0.3) is 10.2 Å². The van der Waals surface area contributed by atoms with Gasteiger partial charge in [-0.05, 0) is 63.3 Å². The fraction of sp³-hybridized carbons (Fsp3) is 0.520. The first-order valence-corrected chi connectivity index (χ1v) is 13.9. The van der Waals surface area contributed by atoms with Crippen molar-refractivity contribution in [1.29, 1.82) is 0 Å². The number of hydrogen-bond acceptors (Lipinski definition) is 7. The summed E-state index contributed by atoms with van der Waals surface area (Å²) in [6, 6.07) is 9.86. The number of fused-ring (bicyclic) bond motifs is 1. The zero-order valence-electron chi connectivity index (χ0n) is 20.7. The molecule has 36 heavy (non-hydrogen) atoms. The minimum Gasteiger partial charge on any atom is -0.386 e. The average Bonchev–Trinajstić information content (AvgIpc) is 3.29. The van der Waals surface area contributed by atoms with Crippen molar-refractivity contribution < 1.29 is 18.3 Å². The maximum Gasteiger partial charge on any atom is 0.279 e. The summed E-state index contributed by atoms with van der Waals surface area (Å²) in [5, 5.41) is 15.0. The van der Waals surface area contributed by atoms with E-state index >= 15 is 0 Å². The molecule has 5 rings (SSSR count). The quantitative estimate of drug-likeness (QED) is 0.443. The van der Waals surface area contributed by atoms with E-state index in [1.807, 2.05) is 41.1 Å². The van der Waals surface area contributed by atoms with E-state index in [2.05, 4.69) is 15.0 Å². The van der Waals surface area contributed by atoms with Crippen molar-refractivity contribution in [2.45, 2.75) is 57.2 Å². The van der Waals surface area contributed by atoms with Crippen LogP contribution in [0.3, 0.4) is 0 Å². The Kier molecular flexibility index (Phi) is 7.01. The van der Waals surface area contributed by atoms with Crippen LogP contribution in [0.2, 0.25) is 0 Å². The predicted octanol–water partition coefficient (Wildman–Crippen LogP) is 2.54. The molecule has 194 valence electrons. The van der Waals surface area contributed by atoms with Crippen LogP contribution < -0.4 is 10.0 Å². The number of aliphatic hydroxyl groups is 1. The number of morpholine rings is 1. The third kappa shape index (κ3) is 5.40. The molecule has 1 aromatic carbocycles. The Bertz CT molecular complexity index is 1310. The second-order valence-corrected chi connectivity index (χ2v) is 11.8. The molecule has 3 N–H and O–H groups in total. The van der Waals surface area contributed by atoms with E-state index in [1.54, 1.807) is 20.0 Å². The molecule has 1 aliphatic carbocycles. The minimum atomic E-state index is -3.48. The summed E-state index contributed by atoms with van der Waals surface area (Å²) >= 11 is 0. The molecule has 3 heterocycles. The van der Waals surface area contributed by atoms with Crippen molar-refractivity contribution in [3.8, 4) is 5.82 Å². The molecule has 0 spiro atoms. The lowest BCUT2D eigenvalue weighted by Gasteiger charge is -2.32. The van der Waals surface area contributed by atoms with E-state index in [0.29, 0.717) is 32.3 Å². The third-order valence-corrected chi connectivity index (χ3v) is 8.64. The topological polar surface area (TPSA) is 122 Å². The fourth-order valence-electron chi connectivity index (χ4n) is 5.06. The van der Waals surface area contributed by atoms with Crippen LogP contribution in [0.25, 0.3) is 16.7 Å². The van der Waals surface area contributed by atoms with Crippen molar-refractivity contribution in [1.82, 2.24) is 23.6 Å². The normalized spacial score (nSPS) is 22.1. The summed E-state index contributed by atoms with van der Waals surface area (Å²) in [4.78, 5) is 9.15. The van der Waals surface area contributed by atoms with E-state index < -0.39 is 15.8 Å². The van der Waals surface area contributed by atoms with Crippen LogP contribution in [0.15, 0.2) is 42.7 Å². The smallest absolute Gasteiger partial charge is 0.279 e. The van der Waals surface area contributed by atoms with Gasteiger partial charge in [0.2, 0.25) is 5.95 Å². The van der Waals surface area contributed by atoms with Crippen molar-refractivity contribution in [2.24, 2.45) is 0 Å². The number of hydrogen-bond donors (Lipinski definition) is 3. The Hall–Kier alpha value is -2.57. The van der Waals surface area contributed by atoms with Crippen molar-refractivity contribution in [3.05, 3.63) is 48.3 Å². The molecule has 10 nitrogen and oxygen atoms in total. The van der Waals surface area contributed by atoms with E-state index in [9.17, 15) is 13.5 Å². The maximum atomic E-state index is 12.7. The van der Waals surface area contributed by atoms with Gasteiger partial charge in [-0.25, -0.2) is 4.98 Å². The molecular formula is C25H34N6O4S. The van der Waals surface area contributed by atoms with Crippen LogP contribution in [0.5, 0.6) is 0 Å². The molecule has 0 atom stereocenters. The summed E-state index contributed by atoms with van der Waals surface area (Å²) in [5.74, 6) is 1.28. The molecule has 11 heteroatoms. The molecular weight excluding hydrogens is 480 g/mol. The van der Waals surface area contributed by atoms with Gasteiger partial charge in [0, 0.05) is 43.0 Å². The largest absolute Gasteiger partial charge is 0.386 e. The summed E-state index contributed by atoms with van der Waals surface area (Å²) in [6.07, 6.45) is 6.85. The van der Waals surface area contributed by atoms with E-state index in [-0.39, 0.29) is 12.1 Å². The highest BCUT2D eigenvalue weighted by Crippen LogP contribution is 2.30. The number of anilines is 1. The van der Waals surface area contributed by atoms with Crippen molar-refractivity contribution >= 4 is 27.1 Å². The van der Waals surface area contributed by atoms with Gasteiger partial charge in [0.1, 0.15) is 5.82 Å². The van der Waals surface area contributed by atoms with Gasteiger partial charge < -0.3 is 19.7 Å². The first-order valence-electron chi connectivity index (χ1n) is 12.5. The van der Waals surface area contributed by atoms with Crippen molar-refractivity contribution in [2.75, 3.05) is 31.6 Å². The molecule has 2 aromatic heterocycles. The van der Waals surface area contributed by atoms with Crippen LogP contribution in [-0.4, -0.2) is 70.8 Å². The summed E-state index contributed by atoms with van der Waals surface area (Å²) in [7, 11) is -3.48. The highest BCUT2D eigenvalue weighted by Gasteiger charge is 2.30. The summed E-state index contributed by atoms with van der Waals surface area (Å²) < 4.78 is 36.9. The molecule has 1 saturated carbocycles. The molecule has 0 radical (unpaired) electrons. The van der Waals surface area contributed by atoms with Gasteiger partial charge in [0.05, 0.1) is 24.3 Å².